The summed E-state index contributed by atoms with van der Waals surface area (Å²) in [5.74, 6) is -1.12. The van der Waals surface area contributed by atoms with E-state index in [1.807, 2.05) is 4.90 Å². The summed E-state index contributed by atoms with van der Waals surface area (Å²) in [5.41, 5.74) is 0.279. The number of carbonyl (C=O) groups excluding carboxylic acids is 2. The van der Waals surface area contributed by atoms with Crippen molar-refractivity contribution in [3.8, 4) is 0 Å². The maximum Gasteiger partial charge on any atom is 0.333 e. The first-order chi connectivity index (χ1) is 12.3. The first-order valence-corrected chi connectivity index (χ1v) is 9.05. The van der Waals surface area contributed by atoms with Crippen LogP contribution in [0.15, 0.2) is 24.8 Å². The predicted octanol–water partition coefficient (Wildman–Crippen LogP) is 1.19. The van der Waals surface area contributed by atoms with Crippen molar-refractivity contribution < 1.29 is 29.3 Å². The van der Waals surface area contributed by atoms with Gasteiger partial charge in [0.1, 0.15) is 25.4 Å². The highest BCUT2D eigenvalue weighted by atomic mass is 16.5. The smallest absolute Gasteiger partial charge is 0.333 e. The Bertz CT molecular complexity index is 486. The topological polar surface area (TPSA) is 96.3 Å². The van der Waals surface area contributed by atoms with E-state index >= 15 is 0 Å². The maximum absolute atomic E-state index is 11.4. The molecule has 0 radical (unpaired) electrons. The second-order valence-electron chi connectivity index (χ2n) is 6.77. The molecule has 0 saturated heterocycles. The fourth-order valence-electron chi connectivity index (χ4n) is 3.00. The molecule has 1 aliphatic rings. The number of rotatable bonds is 11. The van der Waals surface area contributed by atoms with Gasteiger partial charge in [0.2, 0.25) is 0 Å². The monoisotopic (exact) mass is 369 g/mol. The summed E-state index contributed by atoms with van der Waals surface area (Å²) < 4.78 is 9.87. The third-order valence-corrected chi connectivity index (χ3v) is 4.32. The first kappa shape index (κ1) is 22.3. The molecule has 0 aromatic carbocycles. The maximum atomic E-state index is 11.4. The second-order valence-corrected chi connectivity index (χ2v) is 6.77. The summed E-state index contributed by atoms with van der Waals surface area (Å²) in [7, 11) is 0. The van der Waals surface area contributed by atoms with Crippen LogP contribution in [0, 0.1) is 0 Å². The molecule has 0 bridgehead atoms. The van der Waals surface area contributed by atoms with Crippen LogP contribution >= 0.6 is 0 Å². The van der Waals surface area contributed by atoms with E-state index in [9.17, 15) is 19.8 Å². The van der Waals surface area contributed by atoms with Crippen molar-refractivity contribution in [2.45, 2.75) is 57.3 Å². The third kappa shape index (κ3) is 8.60. The Labute approximate surface area is 155 Å². The number of hydrogen-bond acceptors (Lipinski definition) is 7. The molecular formula is C19H31NO6. The van der Waals surface area contributed by atoms with E-state index in [1.54, 1.807) is 6.92 Å². The Hall–Kier alpha value is -1.70. The molecule has 1 rings (SSSR count). The highest BCUT2D eigenvalue weighted by Gasteiger charge is 2.26. The lowest BCUT2D eigenvalue weighted by atomic mass is 9.93. The molecule has 0 aliphatic heterocycles. The number of hydrogen-bond donors (Lipinski definition) is 2. The molecule has 0 aromatic rings. The second kappa shape index (κ2) is 11.8. The lowest BCUT2D eigenvalue weighted by molar-refractivity contribution is -0.142. The lowest BCUT2D eigenvalue weighted by Gasteiger charge is -2.36. The number of aliphatic hydroxyl groups is 2. The van der Waals surface area contributed by atoms with Gasteiger partial charge >= 0.3 is 11.9 Å². The fourth-order valence-corrected chi connectivity index (χ4v) is 3.00. The van der Waals surface area contributed by atoms with Crippen LogP contribution in [0.1, 0.15) is 39.0 Å². The minimum Gasteiger partial charge on any atom is -0.460 e. The predicted molar refractivity (Wildman–Crippen MR) is 97.4 cm³/mol. The Morgan fingerprint density at radius 3 is 2.15 bits per heavy atom. The minimum absolute atomic E-state index is 0.129. The van der Waals surface area contributed by atoms with Gasteiger partial charge in [-0.2, -0.15) is 0 Å². The van der Waals surface area contributed by atoms with Gasteiger partial charge in [0.25, 0.3) is 0 Å². The SMILES string of the molecule is C=CC(=O)OCC(O)CN(CC(O)COC(=O)C(=C)C)C1CCCCC1. The molecule has 7 nitrogen and oxygen atoms in total. The van der Waals surface area contributed by atoms with E-state index in [0.29, 0.717) is 0 Å². The first-order valence-electron chi connectivity index (χ1n) is 9.05. The summed E-state index contributed by atoms with van der Waals surface area (Å²) in [6.45, 7) is 8.63. The highest BCUT2D eigenvalue weighted by molar-refractivity contribution is 5.86. The number of aliphatic hydroxyl groups excluding tert-OH is 2. The molecule has 2 unspecified atom stereocenters. The molecule has 7 heteroatoms. The Balaban J connectivity index is 2.57. The minimum atomic E-state index is -0.872. The van der Waals surface area contributed by atoms with Crippen molar-refractivity contribution in [3.63, 3.8) is 0 Å². The molecular weight excluding hydrogens is 338 g/mol. The van der Waals surface area contributed by atoms with Crippen LogP contribution < -0.4 is 0 Å². The molecule has 2 N–H and O–H groups in total. The van der Waals surface area contributed by atoms with Gasteiger partial charge in [0, 0.05) is 30.8 Å². The van der Waals surface area contributed by atoms with E-state index < -0.39 is 24.1 Å². The molecule has 0 aromatic heterocycles. The largest absolute Gasteiger partial charge is 0.460 e. The van der Waals surface area contributed by atoms with Crippen molar-refractivity contribution in [1.29, 1.82) is 0 Å². The van der Waals surface area contributed by atoms with Crippen molar-refractivity contribution in [2.75, 3.05) is 26.3 Å². The van der Waals surface area contributed by atoms with Crippen LogP contribution in [0.4, 0.5) is 0 Å². The van der Waals surface area contributed by atoms with Gasteiger partial charge in [-0.05, 0) is 19.8 Å². The number of nitrogens with zero attached hydrogens (tertiary/aromatic N) is 1. The molecule has 148 valence electrons. The van der Waals surface area contributed by atoms with Crippen LogP contribution in [0.2, 0.25) is 0 Å². The standard InChI is InChI=1S/C19H31NO6/c1-4-18(23)25-12-16(21)10-20(15-8-6-5-7-9-15)11-17(22)13-26-19(24)14(2)3/h4,15-17,21-22H,1-2,5-13H2,3H3. The molecule has 1 aliphatic carbocycles. The molecule has 2 atom stereocenters. The summed E-state index contributed by atoms with van der Waals surface area (Å²) in [6, 6.07) is 0.236. The van der Waals surface area contributed by atoms with Crippen LogP contribution in [0.3, 0.4) is 0 Å². The highest BCUT2D eigenvalue weighted by Crippen LogP contribution is 2.23. The number of esters is 2. The van der Waals surface area contributed by atoms with E-state index in [1.165, 1.54) is 6.42 Å². The lowest BCUT2D eigenvalue weighted by Crippen LogP contribution is -2.47. The van der Waals surface area contributed by atoms with Crippen LogP contribution in [0.5, 0.6) is 0 Å². The summed E-state index contributed by atoms with van der Waals surface area (Å²) >= 11 is 0. The Morgan fingerprint density at radius 2 is 1.65 bits per heavy atom. The van der Waals surface area contributed by atoms with E-state index in [4.69, 9.17) is 9.47 Å². The van der Waals surface area contributed by atoms with E-state index in [0.717, 1.165) is 31.8 Å². The molecule has 26 heavy (non-hydrogen) atoms. The van der Waals surface area contributed by atoms with Gasteiger partial charge in [-0.25, -0.2) is 9.59 Å². The van der Waals surface area contributed by atoms with Crippen molar-refractivity contribution in [3.05, 3.63) is 24.8 Å². The van der Waals surface area contributed by atoms with Gasteiger partial charge in [0.15, 0.2) is 0 Å². The molecule has 0 heterocycles. The molecule has 0 amide bonds. The van der Waals surface area contributed by atoms with Crippen LogP contribution in [-0.4, -0.2) is 71.6 Å². The van der Waals surface area contributed by atoms with Crippen molar-refractivity contribution in [2.24, 2.45) is 0 Å². The zero-order valence-corrected chi connectivity index (χ0v) is 15.6. The average Bonchev–Trinajstić information content (AvgIpc) is 2.64. The molecule has 1 saturated carbocycles. The quantitative estimate of drug-likeness (QED) is 0.417. The third-order valence-electron chi connectivity index (χ3n) is 4.32. The van der Waals surface area contributed by atoms with Gasteiger partial charge < -0.3 is 19.7 Å². The van der Waals surface area contributed by atoms with Gasteiger partial charge in [-0.1, -0.05) is 32.4 Å². The molecule has 1 fully saturated rings. The molecule has 0 spiro atoms. The van der Waals surface area contributed by atoms with Gasteiger partial charge in [-0.15, -0.1) is 0 Å². The average molecular weight is 369 g/mol. The van der Waals surface area contributed by atoms with Gasteiger partial charge in [0.05, 0.1) is 0 Å². The van der Waals surface area contributed by atoms with E-state index in [2.05, 4.69) is 13.2 Å². The van der Waals surface area contributed by atoms with Crippen molar-refractivity contribution >= 4 is 11.9 Å². The number of carbonyl (C=O) groups is 2. The fraction of sp³-hybridized carbons (Fsp3) is 0.684. The summed E-state index contributed by atoms with van der Waals surface area (Å²) in [5, 5.41) is 20.4. The van der Waals surface area contributed by atoms with Gasteiger partial charge in [-0.3, -0.25) is 4.90 Å². The number of ether oxygens (including phenoxy) is 2. The normalized spacial score (nSPS) is 17.4. The summed E-state index contributed by atoms with van der Waals surface area (Å²) in [4.78, 5) is 24.6. The Kier molecular flexibility index (Phi) is 10.2. The zero-order chi connectivity index (χ0) is 19.5. The van der Waals surface area contributed by atoms with E-state index in [-0.39, 0.29) is 37.9 Å². The zero-order valence-electron chi connectivity index (χ0n) is 15.6. The Morgan fingerprint density at radius 1 is 1.12 bits per heavy atom. The van der Waals surface area contributed by atoms with Crippen molar-refractivity contribution in [1.82, 2.24) is 4.90 Å². The summed E-state index contributed by atoms with van der Waals surface area (Å²) in [6.07, 6.45) is 4.66. The van der Waals surface area contributed by atoms with Crippen LogP contribution in [0.25, 0.3) is 0 Å². The van der Waals surface area contributed by atoms with Crippen LogP contribution in [-0.2, 0) is 19.1 Å².